The van der Waals surface area contributed by atoms with Crippen molar-refractivity contribution in [3.05, 3.63) is 35.9 Å². The molecule has 0 aliphatic rings. The van der Waals surface area contributed by atoms with Gasteiger partial charge in [0.1, 0.15) is 18.1 Å². The van der Waals surface area contributed by atoms with Crippen molar-refractivity contribution in [1.82, 2.24) is 16.0 Å². The molecule has 4 unspecified atom stereocenters. The average Bonchev–Trinajstić information content (AvgIpc) is 2.83. The van der Waals surface area contributed by atoms with Gasteiger partial charge in [0.25, 0.3) is 0 Å². The topological polar surface area (TPSA) is 258 Å². The summed E-state index contributed by atoms with van der Waals surface area (Å²) >= 11 is 0. The minimum atomic E-state index is -1.37. The van der Waals surface area contributed by atoms with Gasteiger partial charge < -0.3 is 44.0 Å². The molecule has 0 aromatic heterocycles. The largest absolute Gasteiger partial charge is 0.480 e. The highest BCUT2D eigenvalue weighted by Crippen LogP contribution is 2.05. The molecule has 0 saturated heterocycles. The Morgan fingerprint density at radius 2 is 1.51 bits per heavy atom. The van der Waals surface area contributed by atoms with Crippen LogP contribution in [0.15, 0.2) is 35.3 Å². The van der Waals surface area contributed by atoms with Crippen LogP contribution in [0.3, 0.4) is 0 Å². The van der Waals surface area contributed by atoms with E-state index in [0.29, 0.717) is 6.42 Å². The Morgan fingerprint density at radius 3 is 2.08 bits per heavy atom. The number of primary amides is 1. The molecular formula is C23H36N8O6. The first-order chi connectivity index (χ1) is 17.4. The van der Waals surface area contributed by atoms with E-state index in [2.05, 4.69) is 20.9 Å². The van der Waals surface area contributed by atoms with Gasteiger partial charge >= 0.3 is 5.97 Å². The van der Waals surface area contributed by atoms with E-state index in [1.165, 1.54) is 6.92 Å². The van der Waals surface area contributed by atoms with Gasteiger partial charge in [-0.3, -0.25) is 24.2 Å². The number of carboxylic acids is 1. The van der Waals surface area contributed by atoms with Gasteiger partial charge in [0.15, 0.2) is 5.96 Å². The normalized spacial score (nSPS) is 13.8. The van der Waals surface area contributed by atoms with Gasteiger partial charge in [0.05, 0.1) is 6.04 Å². The number of hydrogen-bond donors (Lipinski definition) is 8. The summed E-state index contributed by atoms with van der Waals surface area (Å²) in [4.78, 5) is 64.3. The van der Waals surface area contributed by atoms with Crippen LogP contribution >= 0.6 is 0 Å². The molecule has 0 aliphatic heterocycles. The summed E-state index contributed by atoms with van der Waals surface area (Å²) in [5.74, 6) is -4.24. The molecule has 4 atom stereocenters. The summed E-state index contributed by atoms with van der Waals surface area (Å²) < 4.78 is 0. The molecule has 37 heavy (non-hydrogen) atoms. The number of rotatable bonds is 16. The monoisotopic (exact) mass is 520 g/mol. The van der Waals surface area contributed by atoms with E-state index in [1.807, 2.05) is 30.3 Å². The number of nitrogens with two attached hydrogens (primary N) is 4. The maximum absolute atomic E-state index is 12.9. The van der Waals surface area contributed by atoms with Gasteiger partial charge in [-0.2, -0.15) is 0 Å². The van der Waals surface area contributed by atoms with E-state index in [1.54, 1.807) is 0 Å². The maximum Gasteiger partial charge on any atom is 0.326 e. The summed E-state index contributed by atoms with van der Waals surface area (Å²) in [5, 5.41) is 16.6. The van der Waals surface area contributed by atoms with Crippen LogP contribution in [0.5, 0.6) is 0 Å². The van der Waals surface area contributed by atoms with Gasteiger partial charge in [0.2, 0.25) is 23.6 Å². The van der Waals surface area contributed by atoms with Crippen molar-refractivity contribution >= 4 is 35.6 Å². The molecule has 0 saturated carbocycles. The van der Waals surface area contributed by atoms with E-state index in [9.17, 15) is 29.1 Å². The molecular weight excluding hydrogens is 484 g/mol. The fourth-order valence-electron chi connectivity index (χ4n) is 3.23. The number of carbonyl (C=O) groups excluding carboxylic acids is 4. The van der Waals surface area contributed by atoms with Crippen molar-refractivity contribution in [3.8, 4) is 0 Å². The third-order valence-corrected chi connectivity index (χ3v) is 5.26. The number of hydrogen-bond acceptors (Lipinski definition) is 7. The van der Waals surface area contributed by atoms with Crippen LogP contribution in [0.1, 0.15) is 38.2 Å². The Kier molecular flexibility index (Phi) is 13.1. The summed E-state index contributed by atoms with van der Waals surface area (Å²) in [5.41, 5.74) is 22.5. The number of guanidine groups is 1. The summed E-state index contributed by atoms with van der Waals surface area (Å²) in [6, 6.07) is 4.58. The van der Waals surface area contributed by atoms with Gasteiger partial charge in [-0.1, -0.05) is 30.3 Å². The molecule has 1 aromatic rings. The zero-order valence-corrected chi connectivity index (χ0v) is 20.7. The van der Waals surface area contributed by atoms with Crippen LogP contribution in [0.25, 0.3) is 0 Å². The Hall–Kier alpha value is -4.20. The molecule has 0 fully saturated rings. The summed E-state index contributed by atoms with van der Waals surface area (Å²) in [7, 11) is 0. The van der Waals surface area contributed by atoms with Crippen LogP contribution in [0, 0.1) is 0 Å². The third-order valence-electron chi connectivity index (χ3n) is 5.26. The maximum atomic E-state index is 12.9. The first-order valence-electron chi connectivity index (χ1n) is 11.7. The van der Waals surface area contributed by atoms with Crippen molar-refractivity contribution < 1.29 is 29.1 Å². The van der Waals surface area contributed by atoms with Crippen LogP contribution < -0.4 is 38.9 Å². The quantitative estimate of drug-likeness (QED) is 0.0646. The van der Waals surface area contributed by atoms with Crippen LogP contribution in [-0.4, -0.2) is 71.4 Å². The molecule has 4 amide bonds. The smallest absolute Gasteiger partial charge is 0.326 e. The fraction of sp³-hybridized carbons (Fsp3) is 0.478. The average molecular weight is 521 g/mol. The molecule has 1 aromatic carbocycles. The number of nitrogens with zero attached hydrogens (tertiary/aromatic N) is 1. The molecule has 0 bridgehead atoms. The number of aliphatic imine (C=N–C) groups is 1. The second-order valence-electron chi connectivity index (χ2n) is 8.44. The molecule has 0 aliphatic carbocycles. The molecule has 204 valence electrons. The number of aliphatic carboxylic acids is 1. The second-order valence-corrected chi connectivity index (χ2v) is 8.44. The standard InChI is InChI=1S/C23H36N8O6/c1-13(19(33)31-17(22(36)37)9-10-18(25)32)29-21(35)16(8-5-11-28-23(26)27)30-20(34)15(24)12-14-6-3-2-4-7-14/h2-4,6-7,13,15-17H,5,8-12,24H2,1H3,(H2,25,32)(H,29,35)(H,30,34)(H,31,33)(H,36,37)(H4,26,27,28). The first kappa shape index (κ1) is 30.8. The number of nitrogens with one attached hydrogen (secondary N) is 3. The van der Waals surface area contributed by atoms with Crippen LogP contribution in [0.4, 0.5) is 0 Å². The Balaban J connectivity index is 2.83. The molecule has 1 rings (SSSR count). The number of carboxylic acid groups (broad SMARTS) is 1. The van der Waals surface area contributed by atoms with E-state index in [0.717, 1.165) is 5.56 Å². The van der Waals surface area contributed by atoms with Gasteiger partial charge in [0, 0.05) is 13.0 Å². The SMILES string of the molecule is CC(NC(=O)C(CCCN=C(N)N)NC(=O)C(N)Cc1ccccc1)C(=O)NC(CCC(N)=O)C(=O)O. The van der Waals surface area contributed by atoms with Crippen molar-refractivity contribution in [2.45, 2.75) is 63.2 Å². The van der Waals surface area contributed by atoms with E-state index >= 15 is 0 Å². The van der Waals surface area contributed by atoms with Crippen molar-refractivity contribution in [3.63, 3.8) is 0 Å². The van der Waals surface area contributed by atoms with Crippen molar-refractivity contribution in [1.29, 1.82) is 0 Å². The highest BCUT2D eigenvalue weighted by atomic mass is 16.4. The minimum Gasteiger partial charge on any atom is -0.480 e. The highest BCUT2D eigenvalue weighted by molar-refractivity contribution is 5.94. The van der Waals surface area contributed by atoms with Crippen molar-refractivity contribution in [2.24, 2.45) is 27.9 Å². The molecule has 14 heteroatoms. The lowest BCUT2D eigenvalue weighted by molar-refractivity contribution is -0.142. The second kappa shape index (κ2) is 15.7. The molecule has 12 N–H and O–H groups in total. The minimum absolute atomic E-state index is 0.121. The van der Waals surface area contributed by atoms with E-state index in [-0.39, 0.29) is 38.2 Å². The van der Waals surface area contributed by atoms with Crippen LogP contribution in [-0.2, 0) is 30.4 Å². The predicted octanol–water partition coefficient (Wildman–Crippen LogP) is -2.57. The lowest BCUT2D eigenvalue weighted by Crippen LogP contribution is -2.56. The van der Waals surface area contributed by atoms with Crippen LogP contribution in [0.2, 0.25) is 0 Å². The Morgan fingerprint density at radius 1 is 0.892 bits per heavy atom. The Bertz CT molecular complexity index is 967. The summed E-state index contributed by atoms with van der Waals surface area (Å²) in [6.07, 6.45) is 0.261. The number of benzene rings is 1. The lowest BCUT2D eigenvalue weighted by Gasteiger charge is -2.23. The predicted molar refractivity (Wildman–Crippen MR) is 136 cm³/mol. The van der Waals surface area contributed by atoms with E-state index < -0.39 is 53.8 Å². The first-order valence-corrected chi connectivity index (χ1v) is 11.7. The summed E-state index contributed by atoms with van der Waals surface area (Å²) in [6.45, 7) is 1.55. The zero-order chi connectivity index (χ0) is 28.0. The highest BCUT2D eigenvalue weighted by Gasteiger charge is 2.28. The van der Waals surface area contributed by atoms with Gasteiger partial charge in [-0.25, -0.2) is 4.79 Å². The van der Waals surface area contributed by atoms with Crippen molar-refractivity contribution in [2.75, 3.05) is 6.54 Å². The molecule has 0 radical (unpaired) electrons. The Labute approximate surface area is 214 Å². The van der Waals surface area contributed by atoms with Gasteiger partial charge in [-0.05, 0) is 38.2 Å². The third kappa shape index (κ3) is 12.4. The number of carbonyl (C=O) groups is 5. The lowest BCUT2D eigenvalue weighted by atomic mass is 10.0. The van der Waals surface area contributed by atoms with Gasteiger partial charge in [-0.15, -0.1) is 0 Å². The molecule has 0 heterocycles. The zero-order valence-electron chi connectivity index (χ0n) is 20.7. The van der Waals surface area contributed by atoms with E-state index in [4.69, 9.17) is 22.9 Å². The number of amides is 4. The fourth-order valence-corrected chi connectivity index (χ4v) is 3.23. The molecule has 0 spiro atoms. The molecule has 14 nitrogen and oxygen atoms in total.